The molecule has 0 saturated heterocycles. The van der Waals surface area contributed by atoms with Crippen LogP contribution in [0.1, 0.15) is 10.4 Å². The number of hydrogen-bond donors (Lipinski definition) is 3. The van der Waals surface area contributed by atoms with Gasteiger partial charge in [0.05, 0.1) is 7.11 Å². The molecule has 0 aliphatic rings. The van der Waals surface area contributed by atoms with Crippen LogP contribution in [0, 0.1) is 0 Å². The molecule has 0 spiro atoms. The summed E-state index contributed by atoms with van der Waals surface area (Å²) in [4.78, 5) is 11.8. The van der Waals surface area contributed by atoms with E-state index >= 15 is 0 Å². The highest BCUT2D eigenvalue weighted by atomic mass is 32.2. The summed E-state index contributed by atoms with van der Waals surface area (Å²) >= 11 is 1.52. The number of methoxy groups -OCH3 is 1. The van der Waals surface area contributed by atoms with E-state index in [1.165, 1.54) is 19.0 Å². The number of hydrogen-bond acceptors (Lipinski definition) is 6. The Labute approximate surface area is 185 Å². The fourth-order valence-corrected chi connectivity index (χ4v) is 3.90. The highest BCUT2D eigenvalue weighted by molar-refractivity contribution is 8.00. The van der Waals surface area contributed by atoms with Gasteiger partial charge >= 0.3 is 0 Å². The van der Waals surface area contributed by atoms with Gasteiger partial charge in [-0.25, -0.2) is 5.48 Å². The molecular weight excluding hydrogens is 410 g/mol. The first kappa shape index (κ1) is 22.4. The van der Waals surface area contributed by atoms with Crippen LogP contribution in [0.5, 0.6) is 5.75 Å². The summed E-state index contributed by atoms with van der Waals surface area (Å²) in [5, 5.41) is 8.48. The van der Waals surface area contributed by atoms with Crippen molar-refractivity contribution in [2.24, 2.45) is 7.05 Å². The molecule has 3 aromatic carbocycles. The molecule has 0 amide bonds. The number of rotatable bonds is 6. The SMILES string of the molecule is CNO.COc1ccccc1-c1cn(C)c2ccc(NSc3ccc(C=O)cc3)cc12. The van der Waals surface area contributed by atoms with Gasteiger partial charge in [-0.2, -0.15) is 0 Å². The smallest absolute Gasteiger partial charge is 0.150 e. The van der Waals surface area contributed by atoms with E-state index in [1.807, 2.05) is 42.5 Å². The number of ether oxygens (including phenoxy) is 1. The zero-order chi connectivity index (χ0) is 22.2. The van der Waals surface area contributed by atoms with E-state index in [1.54, 1.807) is 12.6 Å². The van der Waals surface area contributed by atoms with E-state index < -0.39 is 0 Å². The molecule has 4 rings (SSSR count). The topological polar surface area (TPSA) is 75.5 Å². The Balaban J connectivity index is 0.000000858. The summed E-state index contributed by atoms with van der Waals surface area (Å²) in [6, 6.07) is 21.9. The second kappa shape index (κ2) is 10.7. The highest BCUT2D eigenvalue weighted by Crippen LogP contribution is 2.37. The Kier molecular flexibility index (Phi) is 7.72. The summed E-state index contributed by atoms with van der Waals surface area (Å²) < 4.78 is 11.1. The Hall–Kier alpha value is -3.26. The second-order valence-electron chi connectivity index (χ2n) is 6.70. The van der Waals surface area contributed by atoms with Crippen LogP contribution in [-0.2, 0) is 7.05 Å². The van der Waals surface area contributed by atoms with Gasteiger partial charge < -0.3 is 19.2 Å². The molecule has 0 bridgehead atoms. The maximum atomic E-state index is 10.8. The summed E-state index contributed by atoms with van der Waals surface area (Å²) in [6.07, 6.45) is 2.99. The van der Waals surface area contributed by atoms with Gasteiger partial charge in [-0.05, 0) is 48.3 Å². The van der Waals surface area contributed by atoms with E-state index in [-0.39, 0.29) is 0 Å². The normalized spacial score (nSPS) is 10.3. The molecule has 1 heterocycles. The van der Waals surface area contributed by atoms with Crippen LogP contribution in [0.2, 0.25) is 0 Å². The number of aldehydes is 1. The average molecular weight is 436 g/mol. The molecule has 4 aromatic rings. The van der Waals surface area contributed by atoms with E-state index in [9.17, 15) is 4.79 Å². The molecule has 6 nitrogen and oxygen atoms in total. The lowest BCUT2D eigenvalue weighted by Gasteiger charge is -2.09. The molecule has 31 heavy (non-hydrogen) atoms. The quantitative estimate of drug-likeness (QED) is 0.214. The number of carbonyl (C=O) groups excluding carboxylic acids is 1. The van der Waals surface area contributed by atoms with Crippen LogP contribution >= 0.6 is 11.9 Å². The van der Waals surface area contributed by atoms with Crippen LogP contribution in [0.15, 0.2) is 77.8 Å². The monoisotopic (exact) mass is 435 g/mol. The van der Waals surface area contributed by atoms with Crippen molar-refractivity contribution in [2.45, 2.75) is 4.90 Å². The third kappa shape index (κ3) is 5.27. The van der Waals surface area contributed by atoms with Crippen molar-refractivity contribution in [3.05, 3.63) is 78.5 Å². The fraction of sp³-hybridized carbons (Fsp3) is 0.125. The molecule has 3 N–H and O–H groups in total. The number of anilines is 1. The molecule has 0 aliphatic heterocycles. The van der Waals surface area contributed by atoms with Gasteiger partial charge in [-0.15, -0.1) is 0 Å². The minimum absolute atomic E-state index is 0.677. The fourth-order valence-electron chi connectivity index (χ4n) is 3.27. The second-order valence-corrected chi connectivity index (χ2v) is 7.58. The molecule has 7 heteroatoms. The number of fused-ring (bicyclic) bond motifs is 1. The van der Waals surface area contributed by atoms with Gasteiger partial charge in [0.2, 0.25) is 0 Å². The first-order valence-corrected chi connectivity index (χ1v) is 10.4. The van der Waals surface area contributed by atoms with Crippen molar-refractivity contribution in [2.75, 3.05) is 18.9 Å². The molecule has 0 aliphatic carbocycles. The summed E-state index contributed by atoms with van der Waals surface area (Å²) in [7, 11) is 5.18. The maximum Gasteiger partial charge on any atom is 0.150 e. The third-order valence-electron chi connectivity index (χ3n) is 4.69. The van der Waals surface area contributed by atoms with Crippen molar-refractivity contribution in [1.82, 2.24) is 10.0 Å². The van der Waals surface area contributed by atoms with E-state index in [2.05, 4.69) is 46.8 Å². The molecule has 0 radical (unpaired) electrons. The van der Waals surface area contributed by atoms with Crippen molar-refractivity contribution < 1.29 is 14.7 Å². The first-order chi connectivity index (χ1) is 15.1. The lowest BCUT2D eigenvalue weighted by atomic mass is 10.0. The minimum Gasteiger partial charge on any atom is -0.496 e. The molecule has 160 valence electrons. The molecule has 0 atom stereocenters. The van der Waals surface area contributed by atoms with E-state index in [4.69, 9.17) is 9.94 Å². The zero-order valence-electron chi connectivity index (χ0n) is 17.6. The van der Waals surface area contributed by atoms with Crippen LogP contribution in [-0.4, -0.2) is 30.2 Å². The van der Waals surface area contributed by atoms with Crippen molar-refractivity contribution in [3.8, 4) is 16.9 Å². The number of aromatic nitrogens is 1. The summed E-state index contributed by atoms with van der Waals surface area (Å²) in [5.41, 5.74) is 6.81. The van der Waals surface area contributed by atoms with Gasteiger partial charge in [-0.3, -0.25) is 4.79 Å². The first-order valence-electron chi connectivity index (χ1n) is 9.62. The molecule has 1 aromatic heterocycles. The number of para-hydroxylation sites is 1. The van der Waals surface area contributed by atoms with E-state index in [0.717, 1.165) is 44.6 Å². The number of nitrogens with one attached hydrogen (secondary N) is 2. The molecule has 0 fully saturated rings. The highest BCUT2D eigenvalue weighted by Gasteiger charge is 2.13. The lowest BCUT2D eigenvalue weighted by Crippen LogP contribution is -1.91. The molecular formula is C24H25N3O3S. The predicted molar refractivity (Wildman–Crippen MR) is 127 cm³/mol. The zero-order valence-corrected chi connectivity index (χ0v) is 18.4. The van der Waals surface area contributed by atoms with Gasteiger partial charge in [-0.1, -0.05) is 30.3 Å². The molecule has 0 unspecified atom stereocenters. The third-order valence-corrected chi connectivity index (χ3v) is 5.54. The average Bonchev–Trinajstić information content (AvgIpc) is 3.14. The van der Waals surface area contributed by atoms with Crippen molar-refractivity contribution in [1.29, 1.82) is 0 Å². The van der Waals surface area contributed by atoms with Gasteiger partial charge in [0, 0.05) is 58.5 Å². The van der Waals surface area contributed by atoms with E-state index in [0.29, 0.717) is 5.56 Å². The molecule has 0 saturated carbocycles. The van der Waals surface area contributed by atoms with Gasteiger partial charge in [0.1, 0.15) is 12.0 Å². The van der Waals surface area contributed by atoms with Crippen molar-refractivity contribution in [3.63, 3.8) is 0 Å². The summed E-state index contributed by atoms with van der Waals surface area (Å²) in [5.74, 6) is 0.859. The van der Waals surface area contributed by atoms with Gasteiger partial charge in [0.25, 0.3) is 0 Å². The number of aryl methyl sites for hydroxylation is 1. The number of hydroxylamine groups is 1. The predicted octanol–water partition coefficient (Wildman–Crippen LogP) is 5.38. The number of benzene rings is 3. The van der Waals surface area contributed by atoms with Crippen LogP contribution < -0.4 is 14.9 Å². The number of carbonyl (C=O) groups is 1. The minimum atomic E-state index is 0.677. The largest absolute Gasteiger partial charge is 0.496 e. The maximum absolute atomic E-state index is 10.8. The Morgan fingerprint density at radius 2 is 1.74 bits per heavy atom. The lowest BCUT2D eigenvalue weighted by molar-refractivity contribution is 0.112. The van der Waals surface area contributed by atoms with Crippen molar-refractivity contribution >= 4 is 34.8 Å². The summed E-state index contributed by atoms with van der Waals surface area (Å²) in [6.45, 7) is 0. The van der Waals surface area contributed by atoms with Crippen LogP contribution in [0.4, 0.5) is 5.69 Å². The van der Waals surface area contributed by atoms with Crippen LogP contribution in [0.3, 0.4) is 0 Å². The standard InChI is InChI=1S/C23H20N2O2S.CH5NO/c1-25-14-21(19-5-3-4-6-23(19)27-2)20-13-17(9-12-22(20)25)24-28-18-10-7-16(15-26)8-11-18;1-2-3/h3-15,24H,1-2H3;2-3H,1H3. The Morgan fingerprint density at radius 3 is 2.42 bits per heavy atom. The van der Waals surface area contributed by atoms with Gasteiger partial charge in [0.15, 0.2) is 0 Å². The van der Waals surface area contributed by atoms with Crippen LogP contribution in [0.25, 0.3) is 22.0 Å². The Bertz CT molecular complexity index is 1160. The Morgan fingerprint density at radius 1 is 1.03 bits per heavy atom. The number of nitrogens with zero attached hydrogens (tertiary/aromatic N) is 1.